The molecule has 0 bridgehead atoms. The Labute approximate surface area is 206 Å². The van der Waals surface area contributed by atoms with Crippen LogP contribution < -0.4 is 4.74 Å². The number of amides is 1. The monoisotopic (exact) mass is 484 g/mol. The lowest BCUT2D eigenvalue weighted by Crippen LogP contribution is -2.34. The largest absolute Gasteiger partial charge is 0.484 e. The SMILES string of the molecule is O=C(COc1ccc2ccccc2c1)N1N=C2C(=Cc3cccs3)CCCC2C1c1cccs1. The second kappa shape index (κ2) is 9.20. The number of hydrogen-bond donors (Lipinski definition) is 0. The van der Waals surface area contributed by atoms with Gasteiger partial charge in [-0.1, -0.05) is 42.5 Å². The molecule has 1 saturated carbocycles. The molecule has 1 aliphatic carbocycles. The van der Waals surface area contributed by atoms with Gasteiger partial charge in [-0.05, 0) is 76.7 Å². The Hall–Kier alpha value is -3.22. The van der Waals surface area contributed by atoms with Crippen LogP contribution in [0.3, 0.4) is 0 Å². The van der Waals surface area contributed by atoms with E-state index in [1.165, 1.54) is 15.3 Å². The number of hydrazone groups is 1. The molecule has 4 nitrogen and oxygen atoms in total. The van der Waals surface area contributed by atoms with Crippen LogP contribution >= 0.6 is 22.7 Å². The summed E-state index contributed by atoms with van der Waals surface area (Å²) in [5, 5.41) is 13.0. The number of hydrogen-bond acceptors (Lipinski definition) is 5. The van der Waals surface area contributed by atoms with E-state index < -0.39 is 0 Å². The number of ether oxygens (including phenoxy) is 1. The number of carbonyl (C=O) groups is 1. The molecule has 2 aromatic carbocycles. The van der Waals surface area contributed by atoms with Crippen LogP contribution in [0, 0.1) is 5.92 Å². The highest BCUT2D eigenvalue weighted by atomic mass is 32.1. The molecule has 1 amide bonds. The summed E-state index contributed by atoms with van der Waals surface area (Å²) >= 11 is 3.43. The number of benzene rings is 2. The van der Waals surface area contributed by atoms with E-state index in [1.807, 2.05) is 30.3 Å². The third-order valence-electron chi connectivity index (χ3n) is 6.53. The maximum absolute atomic E-state index is 13.4. The third-order valence-corrected chi connectivity index (χ3v) is 8.30. The van der Waals surface area contributed by atoms with Gasteiger partial charge in [0.2, 0.25) is 0 Å². The van der Waals surface area contributed by atoms with Gasteiger partial charge in [0.1, 0.15) is 5.75 Å². The predicted molar refractivity (Wildman–Crippen MR) is 140 cm³/mol. The van der Waals surface area contributed by atoms with Gasteiger partial charge < -0.3 is 4.74 Å². The second-order valence-corrected chi connectivity index (χ2v) is 10.6. The Morgan fingerprint density at radius 2 is 1.88 bits per heavy atom. The first kappa shape index (κ1) is 21.3. The van der Waals surface area contributed by atoms with Crippen molar-refractivity contribution >= 4 is 51.1 Å². The summed E-state index contributed by atoms with van der Waals surface area (Å²) in [6, 6.07) is 22.4. The molecular formula is C28H24N2O2S2. The highest BCUT2D eigenvalue weighted by molar-refractivity contribution is 7.11. The molecule has 4 aromatic rings. The quantitative estimate of drug-likeness (QED) is 0.301. The highest BCUT2D eigenvalue weighted by Gasteiger charge is 2.44. The lowest BCUT2D eigenvalue weighted by molar-refractivity contribution is -0.135. The van der Waals surface area contributed by atoms with E-state index in [0.717, 1.165) is 35.7 Å². The normalized spacial score (nSPS) is 21.0. The maximum atomic E-state index is 13.4. The summed E-state index contributed by atoms with van der Waals surface area (Å²) in [4.78, 5) is 15.8. The van der Waals surface area contributed by atoms with Gasteiger partial charge in [0.15, 0.2) is 6.61 Å². The summed E-state index contributed by atoms with van der Waals surface area (Å²) in [6.45, 7) is -0.0340. The Morgan fingerprint density at radius 3 is 2.71 bits per heavy atom. The highest BCUT2D eigenvalue weighted by Crippen LogP contribution is 2.45. The number of carbonyl (C=O) groups excluding carboxylic acids is 1. The molecular weight excluding hydrogens is 460 g/mol. The van der Waals surface area contributed by atoms with Gasteiger partial charge in [0.05, 0.1) is 11.8 Å². The molecule has 1 fully saturated rings. The minimum atomic E-state index is -0.107. The van der Waals surface area contributed by atoms with Gasteiger partial charge in [-0.2, -0.15) is 5.10 Å². The van der Waals surface area contributed by atoms with Crippen molar-refractivity contribution in [2.45, 2.75) is 25.3 Å². The van der Waals surface area contributed by atoms with Crippen molar-refractivity contribution in [2.24, 2.45) is 11.0 Å². The number of nitrogens with zero attached hydrogens (tertiary/aromatic N) is 2. The minimum Gasteiger partial charge on any atom is -0.484 e. The van der Waals surface area contributed by atoms with Gasteiger partial charge in [0.25, 0.3) is 5.91 Å². The number of rotatable bonds is 5. The smallest absolute Gasteiger partial charge is 0.281 e. The molecule has 3 heterocycles. The Balaban J connectivity index is 1.28. The molecule has 2 atom stereocenters. The topological polar surface area (TPSA) is 41.9 Å². The van der Waals surface area contributed by atoms with E-state index in [-0.39, 0.29) is 24.5 Å². The van der Waals surface area contributed by atoms with Crippen LogP contribution in [0.5, 0.6) is 5.75 Å². The van der Waals surface area contributed by atoms with Crippen molar-refractivity contribution in [2.75, 3.05) is 6.61 Å². The van der Waals surface area contributed by atoms with Crippen molar-refractivity contribution in [3.05, 3.63) is 92.8 Å². The first-order chi connectivity index (χ1) is 16.8. The fourth-order valence-electron chi connectivity index (χ4n) is 4.96. The van der Waals surface area contributed by atoms with E-state index in [9.17, 15) is 4.79 Å². The van der Waals surface area contributed by atoms with Crippen molar-refractivity contribution in [1.29, 1.82) is 0 Å². The molecule has 0 radical (unpaired) electrons. The zero-order valence-corrected chi connectivity index (χ0v) is 20.2. The second-order valence-electron chi connectivity index (χ2n) is 8.67. The summed E-state index contributed by atoms with van der Waals surface area (Å²) < 4.78 is 5.95. The molecule has 0 N–H and O–H groups in total. The van der Waals surface area contributed by atoms with E-state index in [4.69, 9.17) is 9.84 Å². The van der Waals surface area contributed by atoms with Crippen LogP contribution in [-0.2, 0) is 4.79 Å². The van der Waals surface area contributed by atoms with Gasteiger partial charge in [-0.15, -0.1) is 22.7 Å². The number of thiophene rings is 2. The molecule has 1 aliphatic heterocycles. The summed E-state index contributed by atoms with van der Waals surface area (Å²) in [5.41, 5.74) is 2.32. The first-order valence-electron chi connectivity index (χ1n) is 11.6. The van der Waals surface area contributed by atoms with E-state index in [1.54, 1.807) is 27.7 Å². The van der Waals surface area contributed by atoms with Crippen molar-refractivity contribution in [3.63, 3.8) is 0 Å². The first-order valence-corrected chi connectivity index (χ1v) is 13.3. The van der Waals surface area contributed by atoms with Crippen LogP contribution in [0.1, 0.15) is 35.1 Å². The van der Waals surface area contributed by atoms with Crippen molar-refractivity contribution in [3.8, 4) is 5.75 Å². The van der Waals surface area contributed by atoms with E-state index >= 15 is 0 Å². The molecule has 0 spiro atoms. The molecule has 2 aliphatic rings. The Kier molecular flexibility index (Phi) is 5.77. The minimum absolute atomic E-state index is 0.0340. The standard InChI is InChI=1S/C28H24N2O2S2/c31-26(18-32-22-13-12-19-6-1-2-7-20(19)16-22)30-28(25-11-5-15-34-25)24-10-3-8-21(27(24)29-30)17-23-9-4-14-33-23/h1-2,4-7,9,11-17,24,28H,3,8,10,18H2. The Morgan fingerprint density at radius 1 is 1.03 bits per heavy atom. The van der Waals surface area contributed by atoms with Crippen LogP contribution in [-0.4, -0.2) is 23.2 Å². The number of fused-ring (bicyclic) bond motifs is 2. The lowest BCUT2D eigenvalue weighted by atomic mass is 9.79. The summed E-state index contributed by atoms with van der Waals surface area (Å²) in [7, 11) is 0. The van der Waals surface area contributed by atoms with Gasteiger partial charge >= 0.3 is 0 Å². The third kappa shape index (κ3) is 4.08. The molecule has 2 aromatic heterocycles. The van der Waals surface area contributed by atoms with Gasteiger partial charge in [-0.3, -0.25) is 4.79 Å². The van der Waals surface area contributed by atoms with Gasteiger partial charge in [-0.25, -0.2) is 5.01 Å². The maximum Gasteiger partial charge on any atom is 0.281 e. The van der Waals surface area contributed by atoms with Crippen LogP contribution in [0.15, 0.2) is 88.2 Å². The average Bonchev–Trinajstić information content (AvgIpc) is 3.63. The zero-order valence-electron chi connectivity index (χ0n) is 18.6. The van der Waals surface area contributed by atoms with Crippen LogP contribution in [0.25, 0.3) is 16.8 Å². The number of allylic oxidation sites excluding steroid dienone is 1. The van der Waals surface area contributed by atoms with Gasteiger partial charge in [0, 0.05) is 15.7 Å². The van der Waals surface area contributed by atoms with Crippen molar-refractivity contribution in [1.82, 2.24) is 5.01 Å². The molecule has 6 rings (SSSR count). The zero-order chi connectivity index (χ0) is 22.9. The molecule has 2 unspecified atom stereocenters. The molecule has 0 saturated heterocycles. The predicted octanol–water partition coefficient (Wildman–Crippen LogP) is 7.16. The molecule has 6 heteroatoms. The lowest BCUT2D eigenvalue weighted by Gasteiger charge is -2.28. The molecule has 34 heavy (non-hydrogen) atoms. The Bertz CT molecular complexity index is 1370. The van der Waals surface area contributed by atoms with Crippen LogP contribution in [0.2, 0.25) is 0 Å². The fourth-order valence-corrected chi connectivity index (χ4v) is 6.52. The summed E-state index contributed by atoms with van der Waals surface area (Å²) in [5.74, 6) is 0.814. The fraction of sp³-hybridized carbons (Fsp3) is 0.214. The average molecular weight is 485 g/mol. The van der Waals surface area contributed by atoms with Crippen molar-refractivity contribution < 1.29 is 9.53 Å². The van der Waals surface area contributed by atoms with E-state index in [2.05, 4.69) is 53.2 Å². The van der Waals surface area contributed by atoms with E-state index in [0.29, 0.717) is 5.75 Å². The summed E-state index contributed by atoms with van der Waals surface area (Å²) in [6.07, 6.45) is 5.40. The van der Waals surface area contributed by atoms with Crippen LogP contribution in [0.4, 0.5) is 0 Å². The molecule has 170 valence electrons.